The first-order chi connectivity index (χ1) is 7.86. The van der Waals surface area contributed by atoms with E-state index in [4.69, 9.17) is 5.73 Å². The average Bonchev–Trinajstić information content (AvgIpc) is 2.77. The molecule has 1 heterocycles. The van der Waals surface area contributed by atoms with Gasteiger partial charge in [-0.05, 0) is 18.1 Å². The number of hydrogen-bond donors (Lipinski definition) is 1. The Kier molecular flexibility index (Phi) is 3.37. The minimum Gasteiger partial charge on any atom is -0.326 e. The van der Waals surface area contributed by atoms with Gasteiger partial charge in [0.2, 0.25) is 0 Å². The number of aryl methyl sites for hydroxylation is 1. The average molecular weight is 215 g/mol. The molecule has 84 valence electrons. The molecule has 16 heavy (non-hydrogen) atoms. The summed E-state index contributed by atoms with van der Waals surface area (Å²) in [5.74, 6) is 0. The molecule has 3 nitrogen and oxygen atoms in total. The zero-order valence-corrected chi connectivity index (χ0v) is 9.56. The summed E-state index contributed by atoms with van der Waals surface area (Å²) in [7, 11) is 0. The number of rotatable bonds is 4. The molecule has 0 bridgehead atoms. The summed E-state index contributed by atoms with van der Waals surface area (Å²) in [4.78, 5) is 4.21. The van der Waals surface area contributed by atoms with Gasteiger partial charge in [-0.3, -0.25) is 0 Å². The van der Waals surface area contributed by atoms with Crippen molar-refractivity contribution in [3.63, 3.8) is 0 Å². The maximum Gasteiger partial charge on any atom is 0.0994 e. The molecule has 3 heteroatoms. The summed E-state index contributed by atoms with van der Waals surface area (Å²) >= 11 is 0. The second-order valence-corrected chi connectivity index (χ2v) is 3.84. The third-order valence-corrected chi connectivity index (χ3v) is 2.69. The minimum absolute atomic E-state index is 0.555. The van der Waals surface area contributed by atoms with E-state index in [2.05, 4.69) is 28.6 Å². The van der Waals surface area contributed by atoms with Crippen molar-refractivity contribution in [2.24, 2.45) is 5.73 Å². The third-order valence-electron chi connectivity index (χ3n) is 2.69. The SMILES string of the molecule is CCCc1cncn1-c1ccccc1CN. The van der Waals surface area contributed by atoms with Gasteiger partial charge in [0, 0.05) is 18.4 Å². The Morgan fingerprint density at radius 3 is 2.88 bits per heavy atom. The van der Waals surface area contributed by atoms with Crippen LogP contribution in [0.25, 0.3) is 5.69 Å². The van der Waals surface area contributed by atoms with Crippen molar-refractivity contribution in [3.8, 4) is 5.69 Å². The third kappa shape index (κ3) is 1.99. The lowest BCUT2D eigenvalue weighted by Gasteiger charge is -2.11. The minimum atomic E-state index is 0.555. The van der Waals surface area contributed by atoms with Gasteiger partial charge in [0.25, 0.3) is 0 Å². The number of imidazole rings is 1. The van der Waals surface area contributed by atoms with E-state index in [1.54, 1.807) is 0 Å². The number of para-hydroxylation sites is 1. The molecule has 0 aliphatic heterocycles. The molecule has 0 aliphatic rings. The number of hydrogen-bond acceptors (Lipinski definition) is 2. The fourth-order valence-corrected chi connectivity index (χ4v) is 1.90. The largest absolute Gasteiger partial charge is 0.326 e. The van der Waals surface area contributed by atoms with Crippen LogP contribution in [-0.4, -0.2) is 9.55 Å². The molecule has 0 fully saturated rings. The highest BCUT2D eigenvalue weighted by Crippen LogP contribution is 2.17. The first-order valence-corrected chi connectivity index (χ1v) is 5.66. The van der Waals surface area contributed by atoms with Gasteiger partial charge >= 0.3 is 0 Å². The van der Waals surface area contributed by atoms with Gasteiger partial charge in [-0.2, -0.15) is 0 Å². The fraction of sp³-hybridized carbons (Fsp3) is 0.308. The lowest BCUT2D eigenvalue weighted by molar-refractivity contribution is 0.835. The molecular formula is C13H17N3. The van der Waals surface area contributed by atoms with Crippen molar-refractivity contribution in [2.45, 2.75) is 26.3 Å². The molecule has 1 aromatic heterocycles. The summed E-state index contributed by atoms with van der Waals surface area (Å²) in [6.07, 6.45) is 5.95. The summed E-state index contributed by atoms with van der Waals surface area (Å²) in [6.45, 7) is 2.73. The topological polar surface area (TPSA) is 43.8 Å². The molecule has 0 atom stereocenters. The number of nitrogens with zero attached hydrogens (tertiary/aromatic N) is 2. The van der Waals surface area contributed by atoms with Crippen molar-refractivity contribution in [1.29, 1.82) is 0 Å². The monoisotopic (exact) mass is 215 g/mol. The Morgan fingerprint density at radius 1 is 1.31 bits per heavy atom. The van der Waals surface area contributed by atoms with Crippen molar-refractivity contribution >= 4 is 0 Å². The standard InChI is InChI=1S/C13H17N3/c1-2-5-12-9-15-10-16(12)13-7-4-3-6-11(13)8-14/h3-4,6-7,9-10H,2,5,8,14H2,1H3. The van der Waals surface area contributed by atoms with Crippen LogP contribution in [0.15, 0.2) is 36.8 Å². The normalized spacial score (nSPS) is 10.6. The quantitative estimate of drug-likeness (QED) is 0.850. The lowest BCUT2D eigenvalue weighted by Crippen LogP contribution is -2.06. The van der Waals surface area contributed by atoms with E-state index in [1.807, 2.05) is 24.7 Å². The molecule has 0 amide bonds. The predicted octanol–water partition coefficient (Wildman–Crippen LogP) is 2.28. The van der Waals surface area contributed by atoms with Gasteiger partial charge in [-0.1, -0.05) is 31.5 Å². The summed E-state index contributed by atoms with van der Waals surface area (Å²) in [5, 5.41) is 0. The Balaban J connectivity index is 2.45. The first kappa shape index (κ1) is 10.9. The van der Waals surface area contributed by atoms with Crippen LogP contribution in [0.3, 0.4) is 0 Å². The maximum atomic E-state index is 5.75. The van der Waals surface area contributed by atoms with Crippen molar-refractivity contribution in [2.75, 3.05) is 0 Å². The van der Waals surface area contributed by atoms with Crippen LogP contribution in [0.1, 0.15) is 24.6 Å². The van der Waals surface area contributed by atoms with Crippen LogP contribution >= 0.6 is 0 Å². The maximum absolute atomic E-state index is 5.75. The molecule has 0 saturated heterocycles. The lowest BCUT2D eigenvalue weighted by atomic mass is 10.1. The summed E-state index contributed by atoms with van der Waals surface area (Å²) < 4.78 is 2.13. The van der Waals surface area contributed by atoms with Crippen molar-refractivity contribution < 1.29 is 0 Å². The van der Waals surface area contributed by atoms with Crippen molar-refractivity contribution in [3.05, 3.63) is 48.0 Å². The van der Waals surface area contributed by atoms with Gasteiger partial charge < -0.3 is 10.3 Å². The molecule has 0 spiro atoms. The van der Waals surface area contributed by atoms with E-state index in [1.165, 1.54) is 5.69 Å². The van der Waals surface area contributed by atoms with E-state index in [9.17, 15) is 0 Å². The number of benzene rings is 1. The second kappa shape index (κ2) is 4.94. The van der Waals surface area contributed by atoms with Crippen LogP contribution in [0, 0.1) is 0 Å². The Morgan fingerprint density at radius 2 is 2.12 bits per heavy atom. The smallest absolute Gasteiger partial charge is 0.0994 e. The molecule has 2 aromatic rings. The van der Waals surface area contributed by atoms with Crippen LogP contribution in [-0.2, 0) is 13.0 Å². The van der Waals surface area contributed by atoms with E-state index >= 15 is 0 Å². The zero-order chi connectivity index (χ0) is 11.4. The Bertz CT molecular complexity index is 460. The molecule has 0 saturated carbocycles. The van der Waals surface area contributed by atoms with Crippen molar-refractivity contribution in [1.82, 2.24) is 9.55 Å². The van der Waals surface area contributed by atoms with E-state index in [-0.39, 0.29) is 0 Å². The van der Waals surface area contributed by atoms with E-state index < -0.39 is 0 Å². The highest BCUT2D eigenvalue weighted by atomic mass is 15.1. The van der Waals surface area contributed by atoms with Gasteiger partial charge in [-0.15, -0.1) is 0 Å². The number of aromatic nitrogens is 2. The molecule has 1 aromatic carbocycles. The highest BCUT2D eigenvalue weighted by molar-refractivity contribution is 5.42. The van der Waals surface area contributed by atoms with E-state index in [0.29, 0.717) is 6.54 Å². The van der Waals surface area contributed by atoms with Crippen LogP contribution in [0.2, 0.25) is 0 Å². The number of nitrogens with two attached hydrogens (primary N) is 1. The molecule has 0 unspecified atom stereocenters. The van der Waals surface area contributed by atoms with Crippen LogP contribution in [0.4, 0.5) is 0 Å². The molecule has 0 aliphatic carbocycles. The highest BCUT2D eigenvalue weighted by Gasteiger charge is 2.06. The van der Waals surface area contributed by atoms with Gasteiger partial charge in [-0.25, -0.2) is 4.98 Å². The molecule has 2 rings (SSSR count). The Hall–Kier alpha value is -1.61. The Labute approximate surface area is 95.9 Å². The molecular weight excluding hydrogens is 198 g/mol. The summed E-state index contributed by atoms with van der Waals surface area (Å²) in [5.41, 5.74) is 9.28. The van der Waals surface area contributed by atoms with Crippen LogP contribution < -0.4 is 5.73 Å². The summed E-state index contributed by atoms with van der Waals surface area (Å²) in [6, 6.07) is 8.19. The first-order valence-electron chi connectivity index (χ1n) is 5.66. The zero-order valence-electron chi connectivity index (χ0n) is 9.56. The molecule has 0 radical (unpaired) electrons. The van der Waals surface area contributed by atoms with E-state index in [0.717, 1.165) is 24.1 Å². The predicted molar refractivity (Wildman–Crippen MR) is 65.5 cm³/mol. The second-order valence-electron chi connectivity index (χ2n) is 3.84. The van der Waals surface area contributed by atoms with Gasteiger partial charge in [0.15, 0.2) is 0 Å². The molecule has 2 N–H and O–H groups in total. The fourth-order valence-electron chi connectivity index (χ4n) is 1.90. The van der Waals surface area contributed by atoms with Gasteiger partial charge in [0.1, 0.15) is 0 Å². The van der Waals surface area contributed by atoms with Crippen LogP contribution in [0.5, 0.6) is 0 Å². The van der Waals surface area contributed by atoms with Gasteiger partial charge in [0.05, 0.1) is 12.0 Å².